The molecule has 2 amide bonds. The summed E-state index contributed by atoms with van der Waals surface area (Å²) in [5, 5.41) is 9.25. The van der Waals surface area contributed by atoms with E-state index in [0.29, 0.717) is 6.07 Å². The van der Waals surface area contributed by atoms with Gasteiger partial charge in [0.05, 0.1) is 11.1 Å². The molecular formula is C15H16F4N2O3. The van der Waals surface area contributed by atoms with Gasteiger partial charge in [0.2, 0.25) is 0 Å². The molecule has 0 aliphatic carbocycles. The van der Waals surface area contributed by atoms with Crippen LogP contribution < -0.4 is 0 Å². The van der Waals surface area contributed by atoms with Crippen molar-refractivity contribution in [3.8, 4) is 0 Å². The summed E-state index contributed by atoms with van der Waals surface area (Å²) in [6.07, 6.45) is -6.03. The first-order valence-electron chi connectivity index (χ1n) is 7.24. The van der Waals surface area contributed by atoms with Gasteiger partial charge in [-0.2, -0.15) is 13.2 Å². The third-order valence-electron chi connectivity index (χ3n) is 3.75. The highest BCUT2D eigenvalue weighted by Crippen LogP contribution is 2.33. The molecular weight excluding hydrogens is 332 g/mol. The lowest BCUT2D eigenvalue weighted by molar-refractivity contribution is -0.140. The highest BCUT2D eigenvalue weighted by Gasteiger charge is 2.37. The van der Waals surface area contributed by atoms with Crippen molar-refractivity contribution in [3.05, 3.63) is 35.1 Å². The highest BCUT2D eigenvalue weighted by atomic mass is 19.4. The van der Waals surface area contributed by atoms with Gasteiger partial charge in [0, 0.05) is 26.2 Å². The van der Waals surface area contributed by atoms with Crippen LogP contribution in [0.25, 0.3) is 0 Å². The summed E-state index contributed by atoms with van der Waals surface area (Å²) in [5.74, 6) is -2.45. The Balaban J connectivity index is 2.16. The highest BCUT2D eigenvalue weighted by molar-refractivity contribution is 5.96. The van der Waals surface area contributed by atoms with Crippen LogP contribution in [0, 0.1) is 5.82 Å². The molecule has 0 aromatic heterocycles. The van der Waals surface area contributed by atoms with Gasteiger partial charge in [0.15, 0.2) is 0 Å². The van der Waals surface area contributed by atoms with Crippen molar-refractivity contribution >= 4 is 11.8 Å². The molecule has 9 heteroatoms. The number of aliphatic hydroxyl groups excluding tert-OH is 1. The van der Waals surface area contributed by atoms with Crippen molar-refractivity contribution in [2.45, 2.75) is 19.2 Å². The quantitative estimate of drug-likeness (QED) is 0.825. The molecule has 1 fully saturated rings. The number of hydrogen-bond donors (Lipinski definition) is 1. The molecule has 0 spiro atoms. The Kier molecular flexibility index (Phi) is 5.12. The second-order valence-corrected chi connectivity index (χ2v) is 5.48. The third kappa shape index (κ3) is 3.84. The first kappa shape index (κ1) is 18.2. The van der Waals surface area contributed by atoms with Crippen LogP contribution in [-0.4, -0.2) is 59.0 Å². The van der Waals surface area contributed by atoms with Crippen molar-refractivity contribution < 1.29 is 32.3 Å². The first-order valence-corrected chi connectivity index (χ1v) is 7.24. The molecule has 1 aliphatic rings. The lowest BCUT2D eigenvalue weighted by Gasteiger charge is -2.35. The maximum Gasteiger partial charge on any atom is 0.417 e. The number of carbonyl (C=O) groups is 2. The molecule has 1 aliphatic heterocycles. The molecule has 1 saturated heterocycles. The monoisotopic (exact) mass is 348 g/mol. The fourth-order valence-corrected chi connectivity index (χ4v) is 2.50. The number of rotatable bonds is 2. The van der Waals surface area contributed by atoms with Gasteiger partial charge in [0.25, 0.3) is 11.8 Å². The Labute approximate surface area is 135 Å². The van der Waals surface area contributed by atoms with Gasteiger partial charge in [-0.25, -0.2) is 4.39 Å². The largest absolute Gasteiger partial charge is 0.417 e. The van der Waals surface area contributed by atoms with Crippen LogP contribution in [0.2, 0.25) is 0 Å². The van der Waals surface area contributed by atoms with Crippen LogP contribution in [0.1, 0.15) is 22.8 Å². The molecule has 5 nitrogen and oxygen atoms in total. The Bertz CT molecular complexity index is 638. The number of amides is 2. The minimum absolute atomic E-state index is 0.0337. The molecule has 1 heterocycles. The lowest BCUT2D eigenvalue weighted by atomic mass is 10.0. The van der Waals surface area contributed by atoms with E-state index < -0.39 is 41.0 Å². The minimum Gasteiger partial charge on any atom is -0.384 e. The van der Waals surface area contributed by atoms with Gasteiger partial charge in [-0.15, -0.1) is 0 Å². The zero-order valence-corrected chi connectivity index (χ0v) is 12.8. The molecule has 1 aromatic rings. The van der Waals surface area contributed by atoms with E-state index in [2.05, 4.69) is 0 Å². The lowest BCUT2D eigenvalue weighted by Crippen LogP contribution is -2.52. The van der Waals surface area contributed by atoms with Gasteiger partial charge in [-0.05, 0) is 25.1 Å². The van der Waals surface area contributed by atoms with Gasteiger partial charge in [0.1, 0.15) is 11.9 Å². The van der Waals surface area contributed by atoms with E-state index in [4.69, 9.17) is 0 Å². The molecule has 1 aromatic carbocycles. The zero-order chi connectivity index (χ0) is 18.1. The van der Waals surface area contributed by atoms with E-state index in [0.717, 1.165) is 12.1 Å². The number of nitrogens with zero attached hydrogens (tertiary/aromatic N) is 2. The van der Waals surface area contributed by atoms with Crippen LogP contribution in [-0.2, 0) is 11.0 Å². The SMILES string of the molecule is C[C@H](O)C(=O)N1CCN(C(=O)c2ccc(F)cc2C(F)(F)F)CC1. The predicted octanol–water partition coefficient (Wildman–Crippen LogP) is 1.51. The van der Waals surface area contributed by atoms with Gasteiger partial charge in [-0.3, -0.25) is 9.59 Å². The summed E-state index contributed by atoms with van der Waals surface area (Å²) >= 11 is 0. The number of piperazine rings is 1. The summed E-state index contributed by atoms with van der Waals surface area (Å²) < 4.78 is 52.1. The molecule has 1 atom stereocenters. The van der Waals surface area contributed by atoms with E-state index in [-0.39, 0.29) is 26.2 Å². The van der Waals surface area contributed by atoms with Crippen LogP contribution in [0.4, 0.5) is 17.6 Å². The molecule has 0 bridgehead atoms. The number of alkyl halides is 3. The maximum absolute atomic E-state index is 13.1. The molecule has 0 unspecified atom stereocenters. The van der Waals surface area contributed by atoms with Gasteiger partial charge < -0.3 is 14.9 Å². The van der Waals surface area contributed by atoms with Crippen molar-refractivity contribution in [1.82, 2.24) is 9.80 Å². The van der Waals surface area contributed by atoms with Gasteiger partial charge >= 0.3 is 6.18 Å². The van der Waals surface area contributed by atoms with E-state index in [1.807, 2.05) is 0 Å². The number of benzene rings is 1. The topological polar surface area (TPSA) is 60.9 Å². The summed E-state index contributed by atoms with van der Waals surface area (Å²) in [4.78, 5) is 26.5. The Morgan fingerprint density at radius 3 is 2.17 bits per heavy atom. The van der Waals surface area contributed by atoms with Gasteiger partial charge in [-0.1, -0.05) is 0 Å². The van der Waals surface area contributed by atoms with E-state index in [9.17, 15) is 32.3 Å². The van der Waals surface area contributed by atoms with Crippen LogP contribution in [0.3, 0.4) is 0 Å². The summed E-state index contributed by atoms with van der Waals surface area (Å²) in [6.45, 7) is 1.60. The average molecular weight is 348 g/mol. The fourth-order valence-electron chi connectivity index (χ4n) is 2.50. The summed E-state index contributed by atoms with van der Waals surface area (Å²) in [6, 6.07) is 1.91. The maximum atomic E-state index is 13.1. The molecule has 24 heavy (non-hydrogen) atoms. The second kappa shape index (κ2) is 6.76. The van der Waals surface area contributed by atoms with E-state index >= 15 is 0 Å². The number of aliphatic hydroxyl groups is 1. The van der Waals surface area contributed by atoms with Crippen molar-refractivity contribution in [1.29, 1.82) is 0 Å². The molecule has 1 N–H and O–H groups in total. The van der Waals surface area contributed by atoms with Crippen molar-refractivity contribution in [2.75, 3.05) is 26.2 Å². The molecule has 132 valence electrons. The normalized spacial score (nSPS) is 16.9. The molecule has 0 saturated carbocycles. The fraction of sp³-hybridized carbons (Fsp3) is 0.467. The van der Waals surface area contributed by atoms with E-state index in [1.165, 1.54) is 16.7 Å². The van der Waals surface area contributed by atoms with Crippen molar-refractivity contribution in [2.24, 2.45) is 0 Å². The number of halogens is 4. The van der Waals surface area contributed by atoms with Crippen LogP contribution in [0.15, 0.2) is 18.2 Å². The summed E-state index contributed by atoms with van der Waals surface area (Å²) in [5.41, 5.74) is -1.95. The van der Waals surface area contributed by atoms with E-state index in [1.54, 1.807) is 0 Å². The average Bonchev–Trinajstić information content (AvgIpc) is 2.52. The van der Waals surface area contributed by atoms with Crippen LogP contribution in [0.5, 0.6) is 0 Å². The molecule has 0 radical (unpaired) electrons. The molecule has 2 rings (SSSR count). The first-order chi connectivity index (χ1) is 11.1. The minimum atomic E-state index is -4.85. The number of carbonyl (C=O) groups excluding carboxylic acids is 2. The number of hydrogen-bond acceptors (Lipinski definition) is 3. The van der Waals surface area contributed by atoms with Crippen molar-refractivity contribution in [3.63, 3.8) is 0 Å². The predicted molar refractivity (Wildman–Crippen MR) is 75.6 cm³/mol. The Morgan fingerprint density at radius 2 is 1.67 bits per heavy atom. The smallest absolute Gasteiger partial charge is 0.384 e. The Hall–Kier alpha value is -2.16. The standard InChI is InChI=1S/C15H16F4N2O3/c1-9(22)13(23)20-4-6-21(7-5-20)14(24)11-3-2-10(16)8-12(11)15(17,18)19/h2-3,8-9,22H,4-7H2,1H3/t9-/m0/s1. The third-order valence-corrected chi connectivity index (χ3v) is 3.75. The summed E-state index contributed by atoms with van der Waals surface area (Å²) in [7, 11) is 0. The second-order valence-electron chi connectivity index (χ2n) is 5.48. The zero-order valence-electron chi connectivity index (χ0n) is 12.8. The van der Waals surface area contributed by atoms with Crippen LogP contribution >= 0.6 is 0 Å². The Morgan fingerprint density at radius 1 is 1.12 bits per heavy atom.